The Kier molecular flexibility index (Phi) is 5.84. The van der Waals surface area contributed by atoms with E-state index in [1.165, 1.54) is 9.13 Å². The van der Waals surface area contributed by atoms with Gasteiger partial charge in [-0.1, -0.05) is 42.0 Å². The summed E-state index contributed by atoms with van der Waals surface area (Å²) in [6.07, 6.45) is 1.89. The van der Waals surface area contributed by atoms with Crippen LogP contribution in [-0.4, -0.2) is 38.0 Å². The van der Waals surface area contributed by atoms with Gasteiger partial charge in [-0.15, -0.1) is 0 Å². The van der Waals surface area contributed by atoms with Crippen molar-refractivity contribution in [1.82, 2.24) is 19.0 Å². The van der Waals surface area contributed by atoms with Crippen LogP contribution in [0.2, 0.25) is 0 Å². The van der Waals surface area contributed by atoms with Crippen molar-refractivity contribution in [2.45, 2.75) is 40.2 Å². The second-order valence-electron chi connectivity index (χ2n) is 9.28. The zero-order valence-corrected chi connectivity index (χ0v) is 20.2. The van der Waals surface area contributed by atoms with Gasteiger partial charge in [0.2, 0.25) is 0 Å². The van der Waals surface area contributed by atoms with E-state index in [1.807, 2.05) is 50.2 Å². The van der Waals surface area contributed by atoms with Crippen molar-refractivity contribution >= 4 is 16.9 Å². The molecule has 5 rings (SSSR count). The third kappa shape index (κ3) is 4.07. The van der Waals surface area contributed by atoms with Crippen molar-refractivity contribution in [3.8, 4) is 5.69 Å². The van der Waals surface area contributed by atoms with E-state index in [9.17, 15) is 14.4 Å². The first-order chi connectivity index (χ1) is 16.8. The minimum atomic E-state index is -0.492. The van der Waals surface area contributed by atoms with Gasteiger partial charge in [-0.2, -0.15) is 0 Å². The van der Waals surface area contributed by atoms with Crippen molar-refractivity contribution in [1.29, 1.82) is 0 Å². The van der Waals surface area contributed by atoms with E-state index < -0.39 is 11.2 Å². The molecule has 2 aromatic heterocycles. The number of aromatic nitrogens is 3. The minimum absolute atomic E-state index is 0.110. The molecule has 0 N–H and O–H groups in total. The maximum absolute atomic E-state index is 13.9. The van der Waals surface area contributed by atoms with Crippen LogP contribution in [0, 0.1) is 20.8 Å². The fraction of sp³-hybridized carbons (Fsp3) is 0.286. The van der Waals surface area contributed by atoms with Crippen molar-refractivity contribution in [3.63, 3.8) is 0 Å². The number of rotatable bonds is 4. The number of fused-ring (bicyclic) bond motifs is 1. The molecule has 1 saturated heterocycles. The molecule has 35 heavy (non-hydrogen) atoms. The van der Waals surface area contributed by atoms with E-state index in [1.54, 1.807) is 30.0 Å². The fourth-order valence-corrected chi connectivity index (χ4v) is 4.81. The number of nitrogens with zero attached hydrogens (tertiary/aromatic N) is 4. The fourth-order valence-electron chi connectivity index (χ4n) is 4.81. The monoisotopic (exact) mass is 468 g/mol. The number of hydrogen-bond acceptors (Lipinski definition) is 4. The van der Waals surface area contributed by atoms with Crippen LogP contribution in [0.1, 0.15) is 45.6 Å². The molecule has 1 aliphatic heterocycles. The summed E-state index contributed by atoms with van der Waals surface area (Å²) < 4.78 is 2.69. The van der Waals surface area contributed by atoms with Gasteiger partial charge < -0.3 is 4.90 Å². The first kappa shape index (κ1) is 22.8. The smallest absolute Gasteiger partial charge is 0.337 e. The van der Waals surface area contributed by atoms with E-state index in [2.05, 4.69) is 4.98 Å². The molecule has 7 heteroatoms. The van der Waals surface area contributed by atoms with Crippen LogP contribution in [-0.2, 0) is 6.54 Å². The lowest BCUT2D eigenvalue weighted by molar-refractivity contribution is 0.0794. The molecule has 1 amide bonds. The van der Waals surface area contributed by atoms with Gasteiger partial charge in [0.25, 0.3) is 11.5 Å². The molecule has 0 atom stereocenters. The number of pyridine rings is 1. The lowest BCUT2D eigenvalue weighted by Gasteiger charge is -2.19. The zero-order valence-electron chi connectivity index (χ0n) is 20.2. The third-order valence-corrected chi connectivity index (χ3v) is 6.69. The molecule has 178 valence electrons. The van der Waals surface area contributed by atoms with Gasteiger partial charge >= 0.3 is 5.69 Å². The molecule has 0 unspecified atom stereocenters. The molecule has 1 fully saturated rings. The highest BCUT2D eigenvalue weighted by molar-refractivity contribution is 6.05. The maximum atomic E-state index is 13.9. The summed E-state index contributed by atoms with van der Waals surface area (Å²) in [7, 11) is 0. The summed E-state index contributed by atoms with van der Waals surface area (Å²) >= 11 is 0. The Hall–Kier alpha value is -4.00. The topological polar surface area (TPSA) is 77.2 Å². The molecular formula is C28H28N4O3. The molecule has 1 aliphatic rings. The predicted molar refractivity (Wildman–Crippen MR) is 136 cm³/mol. The Balaban J connectivity index is 1.85. The Labute approximate surface area is 203 Å². The number of hydrogen-bond donors (Lipinski definition) is 0. The molecule has 4 aromatic rings. The number of para-hydroxylation sites is 1. The third-order valence-electron chi connectivity index (χ3n) is 6.69. The highest BCUT2D eigenvalue weighted by Crippen LogP contribution is 2.21. The predicted octanol–water partition coefficient (Wildman–Crippen LogP) is 3.76. The molecule has 0 bridgehead atoms. The summed E-state index contributed by atoms with van der Waals surface area (Å²) in [6.45, 7) is 7.16. The molecule has 0 aliphatic carbocycles. The van der Waals surface area contributed by atoms with Crippen molar-refractivity contribution in [2.75, 3.05) is 13.1 Å². The van der Waals surface area contributed by atoms with Crippen LogP contribution < -0.4 is 11.2 Å². The van der Waals surface area contributed by atoms with E-state index in [-0.39, 0.29) is 23.5 Å². The lowest BCUT2D eigenvalue weighted by atomic mass is 10.1. The van der Waals surface area contributed by atoms with Crippen LogP contribution in [0.15, 0.2) is 64.2 Å². The number of likely N-dealkylation sites (tertiary alicyclic amines) is 1. The van der Waals surface area contributed by atoms with Crippen LogP contribution in [0.5, 0.6) is 0 Å². The standard InChI is InChI=1S/C28H28N4O3/c1-18-11-12-19(2)21(15-18)17-31-27(34)24-23(26(33)30-13-7-8-14-30)16-20(3)29-25(24)32(28(31)35)22-9-5-4-6-10-22/h4-6,9-12,15-16H,7-8,13-14,17H2,1-3H3. The van der Waals surface area contributed by atoms with Crippen LogP contribution in [0.25, 0.3) is 16.7 Å². The number of benzene rings is 2. The Morgan fingerprint density at radius 1 is 0.943 bits per heavy atom. The lowest BCUT2D eigenvalue weighted by Crippen LogP contribution is -2.41. The minimum Gasteiger partial charge on any atom is -0.339 e. The Morgan fingerprint density at radius 2 is 1.66 bits per heavy atom. The second kappa shape index (κ2) is 8.98. The summed E-state index contributed by atoms with van der Waals surface area (Å²) in [5, 5.41) is 0.182. The van der Waals surface area contributed by atoms with E-state index >= 15 is 0 Å². The van der Waals surface area contributed by atoms with Crippen LogP contribution in [0.3, 0.4) is 0 Å². The number of amides is 1. The van der Waals surface area contributed by atoms with E-state index in [0.29, 0.717) is 30.0 Å². The SMILES string of the molecule is Cc1ccc(C)c(Cn2c(=O)c3c(C(=O)N4CCCC4)cc(C)nc3n(-c3ccccc3)c2=O)c1. The molecule has 0 saturated carbocycles. The second-order valence-corrected chi connectivity index (χ2v) is 9.28. The molecular weight excluding hydrogens is 440 g/mol. The van der Waals surface area contributed by atoms with Crippen LogP contribution >= 0.6 is 0 Å². The summed E-state index contributed by atoms with van der Waals surface area (Å²) in [5.41, 5.74) is 3.64. The van der Waals surface area contributed by atoms with Gasteiger partial charge in [0.1, 0.15) is 0 Å². The summed E-state index contributed by atoms with van der Waals surface area (Å²) in [5.74, 6) is -0.188. The zero-order chi connectivity index (χ0) is 24.7. The number of carbonyl (C=O) groups is 1. The summed E-state index contributed by atoms with van der Waals surface area (Å²) in [6, 6.07) is 16.8. The van der Waals surface area contributed by atoms with Gasteiger partial charge in [0, 0.05) is 18.8 Å². The van der Waals surface area contributed by atoms with E-state index in [4.69, 9.17) is 0 Å². The van der Waals surface area contributed by atoms with Crippen molar-refractivity contribution in [2.24, 2.45) is 0 Å². The van der Waals surface area contributed by atoms with Gasteiger partial charge in [0.15, 0.2) is 5.65 Å². The maximum Gasteiger partial charge on any atom is 0.337 e. The van der Waals surface area contributed by atoms with Gasteiger partial charge in [-0.05, 0) is 62.9 Å². The number of carbonyl (C=O) groups excluding carboxylic acids is 1. The average Bonchev–Trinajstić information content (AvgIpc) is 3.38. The van der Waals surface area contributed by atoms with Gasteiger partial charge in [-0.3, -0.25) is 14.2 Å². The normalized spacial score (nSPS) is 13.5. The summed E-state index contributed by atoms with van der Waals surface area (Å²) in [4.78, 5) is 47.7. The van der Waals surface area contributed by atoms with E-state index in [0.717, 1.165) is 29.5 Å². The molecule has 7 nitrogen and oxygen atoms in total. The largest absolute Gasteiger partial charge is 0.339 e. The Morgan fingerprint density at radius 3 is 2.37 bits per heavy atom. The highest BCUT2D eigenvalue weighted by atomic mass is 16.2. The average molecular weight is 469 g/mol. The van der Waals surface area contributed by atoms with Gasteiger partial charge in [-0.25, -0.2) is 14.3 Å². The van der Waals surface area contributed by atoms with Gasteiger partial charge in [0.05, 0.1) is 23.2 Å². The molecule has 0 spiro atoms. The first-order valence-electron chi connectivity index (χ1n) is 11.9. The molecule has 0 radical (unpaired) electrons. The molecule has 3 heterocycles. The number of aryl methyl sites for hydroxylation is 3. The van der Waals surface area contributed by atoms with Crippen LogP contribution in [0.4, 0.5) is 0 Å². The Bertz CT molecular complexity index is 1560. The van der Waals surface area contributed by atoms with Crippen molar-refractivity contribution in [3.05, 3.63) is 103 Å². The molecule has 2 aromatic carbocycles. The van der Waals surface area contributed by atoms with Crippen molar-refractivity contribution < 1.29 is 4.79 Å². The highest BCUT2D eigenvalue weighted by Gasteiger charge is 2.26. The first-order valence-corrected chi connectivity index (χ1v) is 11.9. The quantitative estimate of drug-likeness (QED) is 0.457.